The van der Waals surface area contributed by atoms with E-state index in [9.17, 15) is 0 Å². The van der Waals surface area contributed by atoms with E-state index < -0.39 is 0 Å². The van der Waals surface area contributed by atoms with Crippen molar-refractivity contribution in [2.75, 3.05) is 0 Å². The standard InChI is InChI=1S/C11H15N3/c12-11(13)14-10-7-3-5-8-4-1-2-6-9(8)10/h3,5,7H,1-2,4,6H2,(H4,12,13,14). The molecule has 0 atom stereocenters. The normalized spacial score (nSPS) is 14.6. The second-order valence-corrected chi connectivity index (χ2v) is 3.66. The summed E-state index contributed by atoms with van der Waals surface area (Å²) < 4.78 is 0. The maximum absolute atomic E-state index is 5.39. The monoisotopic (exact) mass is 189 g/mol. The van der Waals surface area contributed by atoms with Crippen LogP contribution in [-0.2, 0) is 12.8 Å². The van der Waals surface area contributed by atoms with Crippen molar-refractivity contribution in [1.29, 1.82) is 0 Å². The van der Waals surface area contributed by atoms with Crippen LogP contribution in [0.15, 0.2) is 23.2 Å². The Morgan fingerprint density at radius 2 is 1.93 bits per heavy atom. The molecule has 0 aliphatic heterocycles. The summed E-state index contributed by atoms with van der Waals surface area (Å²) in [5.74, 6) is 0.143. The summed E-state index contributed by atoms with van der Waals surface area (Å²) in [6, 6.07) is 6.16. The maximum atomic E-state index is 5.39. The molecule has 3 heteroatoms. The zero-order valence-electron chi connectivity index (χ0n) is 8.16. The molecule has 0 unspecified atom stereocenters. The maximum Gasteiger partial charge on any atom is 0.191 e. The zero-order valence-corrected chi connectivity index (χ0v) is 8.16. The van der Waals surface area contributed by atoms with E-state index in [0.717, 1.165) is 18.5 Å². The van der Waals surface area contributed by atoms with Gasteiger partial charge in [0, 0.05) is 0 Å². The first kappa shape index (κ1) is 9.06. The van der Waals surface area contributed by atoms with Gasteiger partial charge >= 0.3 is 0 Å². The van der Waals surface area contributed by atoms with Gasteiger partial charge in [-0.1, -0.05) is 12.1 Å². The molecule has 0 spiro atoms. The second-order valence-electron chi connectivity index (χ2n) is 3.66. The number of nitrogens with zero attached hydrogens (tertiary/aromatic N) is 1. The molecule has 2 rings (SSSR count). The van der Waals surface area contributed by atoms with Gasteiger partial charge in [-0.15, -0.1) is 0 Å². The van der Waals surface area contributed by atoms with Crippen molar-refractivity contribution in [3.8, 4) is 0 Å². The Bertz CT molecular complexity index is 365. The van der Waals surface area contributed by atoms with Crippen LogP contribution in [-0.4, -0.2) is 5.96 Å². The van der Waals surface area contributed by atoms with Crippen molar-refractivity contribution >= 4 is 11.6 Å². The minimum atomic E-state index is 0.143. The van der Waals surface area contributed by atoms with Gasteiger partial charge in [0.2, 0.25) is 0 Å². The largest absolute Gasteiger partial charge is 0.370 e. The van der Waals surface area contributed by atoms with Crippen LogP contribution in [0.3, 0.4) is 0 Å². The summed E-state index contributed by atoms with van der Waals surface area (Å²) >= 11 is 0. The molecular weight excluding hydrogens is 174 g/mol. The van der Waals surface area contributed by atoms with Crippen LogP contribution < -0.4 is 11.5 Å². The van der Waals surface area contributed by atoms with Gasteiger partial charge in [-0.2, -0.15) is 0 Å². The van der Waals surface area contributed by atoms with Crippen molar-refractivity contribution in [1.82, 2.24) is 0 Å². The van der Waals surface area contributed by atoms with Crippen molar-refractivity contribution < 1.29 is 0 Å². The molecule has 0 saturated heterocycles. The predicted molar refractivity (Wildman–Crippen MR) is 58.6 cm³/mol. The van der Waals surface area contributed by atoms with E-state index in [2.05, 4.69) is 11.1 Å². The second kappa shape index (κ2) is 3.70. The highest BCUT2D eigenvalue weighted by Crippen LogP contribution is 2.29. The minimum Gasteiger partial charge on any atom is -0.370 e. The molecule has 74 valence electrons. The fourth-order valence-electron chi connectivity index (χ4n) is 2.01. The first-order valence-electron chi connectivity index (χ1n) is 4.98. The molecular formula is C11H15N3. The average molecular weight is 189 g/mol. The first-order valence-corrected chi connectivity index (χ1v) is 4.98. The van der Waals surface area contributed by atoms with Crippen LogP contribution in [0, 0.1) is 0 Å². The molecule has 0 radical (unpaired) electrons. The van der Waals surface area contributed by atoms with Gasteiger partial charge in [0.25, 0.3) is 0 Å². The van der Waals surface area contributed by atoms with E-state index in [-0.39, 0.29) is 5.96 Å². The Kier molecular flexibility index (Phi) is 2.39. The highest BCUT2D eigenvalue weighted by molar-refractivity contribution is 5.79. The van der Waals surface area contributed by atoms with Crippen LogP contribution in [0.5, 0.6) is 0 Å². The number of fused-ring (bicyclic) bond motifs is 1. The molecule has 0 saturated carbocycles. The number of aliphatic imine (C=N–C) groups is 1. The van der Waals surface area contributed by atoms with Crippen molar-refractivity contribution in [2.45, 2.75) is 25.7 Å². The number of hydrogen-bond donors (Lipinski definition) is 2. The molecule has 0 bridgehead atoms. The summed E-state index contributed by atoms with van der Waals surface area (Å²) in [6.45, 7) is 0. The fourth-order valence-corrected chi connectivity index (χ4v) is 2.01. The van der Waals surface area contributed by atoms with Crippen LogP contribution in [0.1, 0.15) is 24.0 Å². The molecule has 0 fully saturated rings. The Balaban J connectivity index is 2.45. The number of aryl methyl sites for hydroxylation is 1. The Morgan fingerprint density at radius 1 is 1.14 bits per heavy atom. The van der Waals surface area contributed by atoms with Gasteiger partial charge in [-0.25, -0.2) is 4.99 Å². The lowest BCUT2D eigenvalue weighted by atomic mass is 9.90. The van der Waals surface area contributed by atoms with Gasteiger partial charge in [0.15, 0.2) is 5.96 Å². The van der Waals surface area contributed by atoms with E-state index in [1.54, 1.807) is 0 Å². The van der Waals surface area contributed by atoms with Gasteiger partial charge in [-0.05, 0) is 42.9 Å². The third-order valence-corrected chi connectivity index (χ3v) is 2.62. The van der Waals surface area contributed by atoms with E-state index in [1.165, 1.54) is 24.0 Å². The molecule has 1 aliphatic carbocycles. The lowest BCUT2D eigenvalue weighted by Gasteiger charge is -2.17. The van der Waals surface area contributed by atoms with Gasteiger partial charge in [0.1, 0.15) is 0 Å². The quantitative estimate of drug-likeness (QED) is 0.519. The Hall–Kier alpha value is -1.51. The number of rotatable bonds is 1. The molecule has 0 aromatic heterocycles. The number of guanidine groups is 1. The molecule has 3 nitrogen and oxygen atoms in total. The lowest BCUT2D eigenvalue weighted by molar-refractivity contribution is 0.686. The molecule has 1 aromatic rings. The Morgan fingerprint density at radius 3 is 2.71 bits per heavy atom. The molecule has 1 aromatic carbocycles. The highest BCUT2D eigenvalue weighted by atomic mass is 15.0. The number of nitrogens with two attached hydrogens (primary N) is 2. The van der Waals surface area contributed by atoms with Crippen molar-refractivity contribution in [3.05, 3.63) is 29.3 Å². The van der Waals surface area contributed by atoms with Crippen molar-refractivity contribution in [3.63, 3.8) is 0 Å². The number of hydrogen-bond acceptors (Lipinski definition) is 1. The summed E-state index contributed by atoms with van der Waals surface area (Å²) in [5, 5.41) is 0. The fraction of sp³-hybridized carbons (Fsp3) is 0.364. The topological polar surface area (TPSA) is 64.4 Å². The summed E-state index contributed by atoms with van der Waals surface area (Å²) in [4.78, 5) is 4.14. The Labute approximate surface area is 83.8 Å². The van der Waals surface area contributed by atoms with Crippen LogP contribution >= 0.6 is 0 Å². The predicted octanol–water partition coefficient (Wildman–Crippen LogP) is 1.47. The SMILES string of the molecule is NC(N)=Nc1cccc2c1CCCC2. The van der Waals surface area contributed by atoms with Gasteiger partial charge < -0.3 is 11.5 Å². The molecule has 0 heterocycles. The van der Waals surface area contributed by atoms with E-state index in [0.29, 0.717) is 0 Å². The van der Waals surface area contributed by atoms with Crippen LogP contribution in [0.4, 0.5) is 5.69 Å². The highest BCUT2D eigenvalue weighted by Gasteiger charge is 2.12. The lowest BCUT2D eigenvalue weighted by Crippen LogP contribution is -2.22. The number of benzene rings is 1. The van der Waals surface area contributed by atoms with Gasteiger partial charge in [-0.3, -0.25) is 0 Å². The van der Waals surface area contributed by atoms with E-state index in [1.807, 2.05) is 12.1 Å². The van der Waals surface area contributed by atoms with Crippen LogP contribution in [0.25, 0.3) is 0 Å². The zero-order chi connectivity index (χ0) is 9.97. The summed E-state index contributed by atoms with van der Waals surface area (Å²) in [5.41, 5.74) is 14.4. The van der Waals surface area contributed by atoms with E-state index in [4.69, 9.17) is 11.5 Å². The third kappa shape index (κ3) is 1.71. The first-order chi connectivity index (χ1) is 6.77. The molecule has 0 amide bonds. The smallest absolute Gasteiger partial charge is 0.191 e. The van der Waals surface area contributed by atoms with Crippen molar-refractivity contribution in [2.24, 2.45) is 16.5 Å². The summed E-state index contributed by atoms with van der Waals surface area (Å²) in [6.07, 6.45) is 4.77. The van der Waals surface area contributed by atoms with Crippen LogP contribution in [0.2, 0.25) is 0 Å². The molecule has 1 aliphatic rings. The van der Waals surface area contributed by atoms with Gasteiger partial charge in [0.05, 0.1) is 5.69 Å². The minimum absolute atomic E-state index is 0.143. The molecule has 14 heavy (non-hydrogen) atoms. The third-order valence-electron chi connectivity index (χ3n) is 2.62. The average Bonchev–Trinajstić information content (AvgIpc) is 2.18. The molecule has 4 N–H and O–H groups in total. The van der Waals surface area contributed by atoms with E-state index >= 15 is 0 Å². The summed E-state index contributed by atoms with van der Waals surface area (Å²) in [7, 11) is 0.